The van der Waals surface area contributed by atoms with Crippen molar-refractivity contribution in [1.29, 1.82) is 0 Å². The van der Waals surface area contributed by atoms with Gasteiger partial charge in [-0.1, -0.05) is 30.3 Å². The third kappa shape index (κ3) is 5.74. The molecule has 0 aromatic heterocycles. The van der Waals surface area contributed by atoms with Crippen LogP contribution < -0.4 is 11.1 Å². The van der Waals surface area contributed by atoms with Crippen LogP contribution in [0.25, 0.3) is 0 Å². The Labute approximate surface area is 110 Å². The Kier molecular flexibility index (Phi) is 5.35. The highest BCUT2D eigenvalue weighted by Crippen LogP contribution is 2.23. The minimum atomic E-state index is -4.48. The number of halogens is 3. The van der Waals surface area contributed by atoms with Gasteiger partial charge in [0.25, 0.3) is 0 Å². The highest BCUT2D eigenvalue weighted by Gasteiger charge is 2.40. The average molecular weight is 274 g/mol. The summed E-state index contributed by atoms with van der Waals surface area (Å²) in [6, 6.07) is 5.87. The van der Waals surface area contributed by atoms with Gasteiger partial charge in [-0.3, -0.25) is 4.79 Å². The Morgan fingerprint density at radius 3 is 2.37 bits per heavy atom. The molecule has 0 aliphatic heterocycles. The van der Waals surface area contributed by atoms with Crippen LogP contribution in [0.2, 0.25) is 0 Å². The van der Waals surface area contributed by atoms with E-state index in [1.807, 2.05) is 5.32 Å². The van der Waals surface area contributed by atoms with E-state index in [0.717, 1.165) is 0 Å². The van der Waals surface area contributed by atoms with Crippen molar-refractivity contribution < 1.29 is 18.0 Å². The van der Waals surface area contributed by atoms with E-state index in [1.54, 1.807) is 37.3 Å². The van der Waals surface area contributed by atoms with Crippen LogP contribution in [0, 0.1) is 0 Å². The lowest BCUT2D eigenvalue weighted by atomic mass is 10.1. The molecule has 0 aliphatic carbocycles. The fourth-order valence-electron chi connectivity index (χ4n) is 1.64. The summed E-state index contributed by atoms with van der Waals surface area (Å²) in [6.07, 6.45) is -4.89. The average Bonchev–Trinajstić information content (AvgIpc) is 2.27. The van der Waals surface area contributed by atoms with Crippen molar-refractivity contribution in [1.82, 2.24) is 5.32 Å². The first-order valence-corrected chi connectivity index (χ1v) is 5.94. The Morgan fingerprint density at radius 1 is 1.32 bits per heavy atom. The summed E-state index contributed by atoms with van der Waals surface area (Å²) < 4.78 is 38.6. The van der Waals surface area contributed by atoms with Crippen LogP contribution in [-0.2, 0) is 11.2 Å². The second-order valence-corrected chi connectivity index (χ2v) is 4.53. The van der Waals surface area contributed by atoms with Crippen molar-refractivity contribution in [3.63, 3.8) is 0 Å². The molecule has 2 unspecified atom stereocenters. The number of rotatable bonds is 5. The number of benzene rings is 1. The minimum absolute atomic E-state index is 0.124. The van der Waals surface area contributed by atoms with Crippen LogP contribution in [0.4, 0.5) is 13.2 Å². The summed E-state index contributed by atoms with van der Waals surface area (Å²) in [6.45, 7) is 1.57. The third-order valence-corrected chi connectivity index (χ3v) is 2.52. The first-order valence-electron chi connectivity index (χ1n) is 5.94. The van der Waals surface area contributed by atoms with E-state index in [1.165, 1.54) is 0 Å². The van der Waals surface area contributed by atoms with Gasteiger partial charge in [0, 0.05) is 18.9 Å². The summed E-state index contributed by atoms with van der Waals surface area (Å²) >= 11 is 0. The summed E-state index contributed by atoms with van der Waals surface area (Å²) in [5, 5.41) is 1.99. The van der Waals surface area contributed by atoms with Crippen LogP contribution in [0.15, 0.2) is 30.3 Å². The van der Waals surface area contributed by atoms with E-state index >= 15 is 0 Å². The first-order chi connectivity index (χ1) is 8.79. The second kappa shape index (κ2) is 6.56. The van der Waals surface area contributed by atoms with Crippen molar-refractivity contribution in [2.45, 2.75) is 38.0 Å². The van der Waals surface area contributed by atoms with Crippen LogP contribution in [0.5, 0.6) is 0 Å². The molecule has 0 radical (unpaired) electrons. The highest BCUT2D eigenvalue weighted by atomic mass is 19.4. The van der Waals surface area contributed by atoms with Gasteiger partial charge >= 0.3 is 6.18 Å². The van der Waals surface area contributed by atoms with Gasteiger partial charge in [0.2, 0.25) is 5.91 Å². The van der Waals surface area contributed by atoms with Crippen molar-refractivity contribution >= 4 is 5.91 Å². The predicted octanol–water partition coefficient (Wildman–Crippen LogP) is 2.01. The van der Waals surface area contributed by atoms with Crippen molar-refractivity contribution in [2.24, 2.45) is 5.73 Å². The van der Waals surface area contributed by atoms with Crippen molar-refractivity contribution in [3.8, 4) is 0 Å². The standard InChI is InChI=1S/C13H17F3N2O/c1-9(17)7-12(19)18-11(13(14,15)16)8-10-5-3-2-4-6-10/h2-6,9,11H,7-8,17H2,1H3,(H,18,19). The molecule has 3 nitrogen and oxygen atoms in total. The molecule has 106 valence electrons. The van der Waals surface area contributed by atoms with E-state index in [-0.39, 0.29) is 12.8 Å². The monoisotopic (exact) mass is 274 g/mol. The Morgan fingerprint density at radius 2 is 1.89 bits per heavy atom. The number of nitrogens with one attached hydrogen (secondary N) is 1. The quantitative estimate of drug-likeness (QED) is 0.863. The third-order valence-electron chi connectivity index (χ3n) is 2.52. The molecule has 1 aromatic carbocycles. The molecular formula is C13H17F3N2O. The van der Waals surface area contributed by atoms with Gasteiger partial charge in [0.1, 0.15) is 6.04 Å². The molecule has 0 bridgehead atoms. The lowest BCUT2D eigenvalue weighted by Crippen LogP contribution is -2.47. The van der Waals surface area contributed by atoms with Crippen LogP contribution >= 0.6 is 0 Å². The van der Waals surface area contributed by atoms with E-state index in [0.29, 0.717) is 5.56 Å². The van der Waals surface area contributed by atoms with Crippen LogP contribution in [0.1, 0.15) is 18.9 Å². The lowest BCUT2D eigenvalue weighted by Gasteiger charge is -2.22. The molecule has 0 spiro atoms. The van der Waals surface area contributed by atoms with Gasteiger partial charge < -0.3 is 11.1 Å². The maximum Gasteiger partial charge on any atom is 0.408 e. The highest BCUT2D eigenvalue weighted by molar-refractivity contribution is 5.76. The van der Waals surface area contributed by atoms with E-state index in [9.17, 15) is 18.0 Å². The molecular weight excluding hydrogens is 257 g/mol. The fourth-order valence-corrected chi connectivity index (χ4v) is 1.64. The molecule has 1 rings (SSSR count). The van der Waals surface area contributed by atoms with Crippen molar-refractivity contribution in [2.75, 3.05) is 0 Å². The molecule has 0 saturated carbocycles. The minimum Gasteiger partial charge on any atom is -0.344 e. The molecule has 1 amide bonds. The van der Waals surface area contributed by atoms with E-state index in [2.05, 4.69) is 0 Å². The number of hydrogen-bond acceptors (Lipinski definition) is 2. The molecule has 0 saturated heterocycles. The predicted molar refractivity (Wildman–Crippen MR) is 66.4 cm³/mol. The molecule has 3 N–H and O–H groups in total. The Bertz CT molecular complexity index is 404. The smallest absolute Gasteiger partial charge is 0.344 e. The summed E-state index contributed by atoms with van der Waals surface area (Å²) in [4.78, 5) is 11.4. The van der Waals surface area contributed by atoms with Gasteiger partial charge in [-0.15, -0.1) is 0 Å². The number of amides is 1. The topological polar surface area (TPSA) is 55.1 Å². The Hall–Kier alpha value is -1.56. The number of hydrogen-bond donors (Lipinski definition) is 2. The molecule has 6 heteroatoms. The zero-order valence-electron chi connectivity index (χ0n) is 10.6. The summed E-state index contributed by atoms with van der Waals surface area (Å²) in [5.74, 6) is -0.687. The van der Waals surface area contributed by atoms with Gasteiger partial charge in [0.15, 0.2) is 0 Å². The van der Waals surface area contributed by atoms with Gasteiger partial charge in [-0.2, -0.15) is 13.2 Å². The van der Waals surface area contributed by atoms with Crippen LogP contribution in [0.3, 0.4) is 0 Å². The van der Waals surface area contributed by atoms with Crippen molar-refractivity contribution in [3.05, 3.63) is 35.9 Å². The zero-order valence-corrected chi connectivity index (χ0v) is 10.6. The van der Waals surface area contributed by atoms with E-state index in [4.69, 9.17) is 5.73 Å². The normalized spacial score (nSPS) is 14.8. The lowest BCUT2D eigenvalue weighted by molar-refractivity contribution is -0.161. The fraction of sp³-hybridized carbons (Fsp3) is 0.462. The molecule has 0 fully saturated rings. The van der Waals surface area contributed by atoms with Gasteiger partial charge in [-0.25, -0.2) is 0 Å². The largest absolute Gasteiger partial charge is 0.408 e. The number of nitrogens with two attached hydrogens (primary N) is 1. The molecule has 19 heavy (non-hydrogen) atoms. The van der Waals surface area contributed by atoms with Gasteiger partial charge in [-0.05, 0) is 12.5 Å². The maximum atomic E-state index is 12.9. The SMILES string of the molecule is CC(N)CC(=O)NC(Cc1ccccc1)C(F)(F)F. The number of alkyl halides is 3. The number of carbonyl (C=O) groups is 1. The molecule has 1 aromatic rings. The van der Waals surface area contributed by atoms with E-state index < -0.39 is 24.2 Å². The molecule has 0 aliphatic rings. The summed E-state index contributed by atoms with van der Waals surface area (Å²) in [7, 11) is 0. The second-order valence-electron chi connectivity index (χ2n) is 4.53. The number of carbonyl (C=O) groups excluding carboxylic acids is 1. The van der Waals surface area contributed by atoms with Crippen LogP contribution in [-0.4, -0.2) is 24.2 Å². The first kappa shape index (κ1) is 15.5. The van der Waals surface area contributed by atoms with Gasteiger partial charge in [0.05, 0.1) is 0 Å². The summed E-state index contributed by atoms with van der Waals surface area (Å²) in [5.41, 5.74) is 5.91. The molecule has 0 heterocycles. The molecule has 2 atom stereocenters. The zero-order chi connectivity index (χ0) is 14.5. The Balaban J connectivity index is 2.71. The maximum absolute atomic E-state index is 12.9.